The van der Waals surface area contributed by atoms with Gasteiger partial charge >= 0.3 is 0 Å². The smallest absolute Gasteiger partial charge is 0.194 e. The van der Waals surface area contributed by atoms with Crippen LogP contribution in [0.4, 0.5) is 5.69 Å². The van der Waals surface area contributed by atoms with Gasteiger partial charge in [-0.3, -0.25) is 9.69 Å². The van der Waals surface area contributed by atoms with E-state index in [0.29, 0.717) is 23.6 Å². The molecular formula is C23H25ClN2O4. The van der Waals surface area contributed by atoms with Crippen LogP contribution in [0, 0.1) is 0 Å². The third-order valence-electron chi connectivity index (χ3n) is 5.30. The van der Waals surface area contributed by atoms with E-state index in [0.717, 1.165) is 42.3 Å². The van der Waals surface area contributed by atoms with Gasteiger partial charge in [0.25, 0.3) is 0 Å². The number of β-amino-alcohol motifs (C(OH)–C–C–N with tert-alkyl or cyclic N) is 1. The van der Waals surface area contributed by atoms with Crippen molar-refractivity contribution in [1.29, 1.82) is 0 Å². The average Bonchev–Trinajstić information content (AvgIpc) is 3.18. The summed E-state index contributed by atoms with van der Waals surface area (Å²) in [5, 5.41) is 12.0. The van der Waals surface area contributed by atoms with Gasteiger partial charge in [0.05, 0.1) is 0 Å². The van der Waals surface area contributed by atoms with Gasteiger partial charge in [0.1, 0.15) is 12.7 Å². The molecule has 1 unspecified atom stereocenters. The molecule has 0 radical (unpaired) electrons. The highest BCUT2D eigenvalue weighted by atomic mass is 35.5. The fourth-order valence-corrected chi connectivity index (χ4v) is 3.91. The predicted octanol–water partition coefficient (Wildman–Crippen LogP) is 3.85. The lowest BCUT2D eigenvalue weighted by atomic mass is 10.2. The molecule has 1 saturated heterocycles. The van der Waals surface area contributed by atoms with E-state index in [2.05, 4.69) is 15.9 Å². The van der Waals surface area contributed by atoms with Gasteiger partial charge in [-0.25, -0.2) is 0 Å². The second kappa shape index (κ2) is 9.08. The molecule has 1 aliphatic heterocycles. The van der Waals surface area contributed by atoms with E-state index in [1.54, 1.807) is 12.1 Å². The zero-order valence-corrected chi connectivity index (χ0v) is 17.6. The van der Waals surface area contributed by atoms with E-state index in [4.69, 9.17) is 20.8 Å². The summed E-state index contributed by atoms with van der Waals surface area (Å²) in [6, 6.07) is 15.1. The first-order valence-electron chi connectivity index (χ1n) is 10.1. The van der Waals surface area contributed by atoms with Crippen molar-refractivity contribution in [1.82, 2.24) is 4.90 Å². The minimum absolute atomic E-state index is 0.130. The Hall–Kier alpha value is -2.54. The lowest BCUT2D eigenvalue weighted by Crippen LogP contribution is -2.49. The zero-order chi connectivity index (χ0) is 21.1. The van der Waals surface area contributed by atoms with Crippen LogP contribution in [-0.2, 0) is 0 Å². The number of aliphatic hydroxyl groups is 1. The molecule has 0 saturated carbocycles. The van der Waals surface area contributed by atoms with Crippen molar-refractivity contribution in [2.45, 2.75) is 13.0 Å². The number of benzene rings is 2. The molecule has 0 amide bonds. The summed E-state index contributed by atoms with van der Waals surface area (Å²) in [5.41, 5.74) is 1.66. The molecule has 0 aliphatic carbocycles. The van der Waals surface area contributed by atoms with Crippen LogP contribution in [0.2, 0.25) is 5.02 Å². The van der Waals surface area contributed by atoms with Crippen LogP contribution in [0.5, 0.6) is 5.75 Å². The molecule has 7 heteroatoms. The number of aliphatic hydroxyl groups excluding tert-OH is 1. The van der Waals surface area contributed by atoms with Crippen LogP contribution >= 0.6 is 11.6 Å². The Morgan fingerprint density at radius 2 is 1.93 bits per heavy atom. The van der Waals surface area contributed by atoms with E-state index in [1.165, 1.54) is 6.92 Å². The summed E-state index contributed by atoms with van der Waals surface area (Å²) in [5.74, 6) is 0.707. The van der Waals surface area contributed by atoms with Crippen LogP contribution in [0.15, 0.2) is 52.9 Å². The quantitative estimate of drug-likeness (QED) is 0.576. The predicted molar refractivity (Wildman–Crippen MR) is 118 cm³/mol. The largest absolute Gasteiger partial charge is 0.487 e. The molecule has 0 bridgehead atoms. The molecule has 2 heterocycles. The number of ether oxygens (including phenoxy) is 1. The van der Waals surface area contributed by atoms with Crippen LogP contribution < -0.4 is 9.64 Å². The first-order valence-corrected chi connectivity index (χ1v) is 10.4. The maximum atomic E-state index is 11.6. The Kier molecular flexibility index (Phi) is 6.27. The van der Waals surface area contributed by atoms with E-state index in [-0.39, 0.29) is 12.4 Å². The fraction of sp³-hybridized carbons (Fsp3) is 0.348. The number of hydrogen-bond donors (Lipinski definition) is 1. The SMILES string of the molecule is CC(=O)c1cc2cccc(OCC(O)CN3CCN(c4cccc(Cl)c4)CC3)c2o1. The monoisotopic (exact) mass is 428 g/mol. The Bertz CT molecular complexity index is 1030. The zero-order valence-electron chi connectivity index (χ0n) is 16.9. The number of furan rings is 1. The van der Waals surface area contributed by atoms with Crippen molar-refractivity contribution < 1.29 is 19.1 Å². The number of Topliss-reactive ketones (excluding diaryl/α,β-unsaturated/α-hetero) is 1. The highest BCUT2D eigenvalue weighted by Gasteiger charge is 2.20. The Morgan fingerprint density at radius 3 is 2.67 bits per heavy atom. The van der Waals surface area contributed by atoms with Gasteiger partial charge in [-0.1, -0.05) is 29.8 Å². The summed E-state index contributed by atoms with van der Waals surface area (Å²) in [7, 11) is 0. The van der Waals surface area contributed by atoms with Gasteiger partial charge in [-0.05, 0) is 30.3 Å². The summed E-state index contributed by atoms with van der Waals surface area (Å²) in [6.45, 7) is 5.65. The van der Waals surface area contributed by atoms with Gasteiger partial charge in [-0.2, -0.15) is 0 Å². The molecular weight excluding hydrogens is 404 g/mol. The molecule has 30 heavy (non-hydrogen) atoms. The first-order chi connectivity index (χ1) is 14.5. The van der Waals surface area contributed by atoms with Crippen molar-refractivity contribution in [3.8, 4) is 5.75 Å². The second-order valence-electron chi connectivity index (χ2n) is 7.57. The first kappa shape index (κ1) is 20.7. The Morgan fingerprint density at radius 1 is 1.17 bits per heavy atom. The maximum Gasteiger partial charge on any atom is 0.194 e. The van der Waals surface area contributed by atoms with Crippen molar-refractivity contribution in [3.05, 3.63) is 59.3 Å². The maximum absolute atomic E-state index is 11.6. The number of rotatable bonds is 7. The number of piperazine rings is 1. The van der Waals surface area contributed by atoms with E-state index < -0.39 is 6.10 Å². The molecule has 158 valence electrons. The Balaban J connectivity index is 1.29. The third kappa shape index (κ3) is 4.78. The highest BCUT2D eigenvalue weighted by Crippen LogP contribution is 2.29. The van der Waals surface area contributed by atoms with Gasteiger partial charge in [0, 0.05) is 55.7 Å². The van der Waals surface area contributed by atoms with Gasteiger partial charge in [0.15, 0.2) is 22.9 Å². The molecule has 1 aliphatic rings. The molecule has 0 spiro atoms. The van der Waals surface area contributed by atoms with Crippen LogP contribution in [0.1, 0.15) is 17.5 Å². The number of carbonyl (C=O) groups excluding carboxylic acids is 1. The number of carbonyl (C=O) groups is 1. The molecule has 1 atom stereocenters. The average molecular weight is 429 g/mol. The second-order valence-corrected chi connectivity index (χ2v) is 8.01. The van der Waals surface area contributed by atoms with Crippen molar-refractivity contribution in [3.63, 3.8) is 0 Å². The third-order valence-corrected chi connectivity index (χ3v) is 5.54. The number of anilines is 1. The molecule has 1 fully saturated rings. The highest BCUT2D eigenvalue weighted by molar-refractivity contribution is 6.30. The summed E-state index contributed by atoms with van der Waals surface area (Å²) in [6.07, 6.45) is -0.625. The Labute approximate surface area is 180 Å². The number of nitrogens with zero attached hydrogens (tertiary/aromatic N) is 2. The molecule has 1 aromatic heterocycles. The standard InChI is InChI=1S/C23H25ClN2O4/c1-16(27)22-12-17-4-2-7-21(23(17)30-22)29-15-20(28)14-25-8-10-26(11-9-25)19-6-3-5-18(24)13-19/h2-7,12-13,20,28H,8-11,14-15H2,1H3. The van der Waals surface area contributed by atoms with Gasteiger partial charge in [0.2, 0.25) is 0 Å². The number of halogens is 1. The minimum Gasteiger partial charge on any atom is -0.487 e. The molecule has 3 aromatic rings. The molecule has 2 aromatic carbocycles. The lowest BCUT2D eigenvalue weighted by molar-refractivity contribution is 0.0664. The summed E-state index contributed by atoms with van der Waals surface area (Å²) in [4.78, 5) is 16.1. The lowest BCUT2D eigenvalue weighted by Gasteiger charge is -2.36. The van der Waals surface area contributed by atoms with Gasteiger partial charge in [-0.15, -0.1) is 0 Å². The summed E-state index contributed by atoms with van der Waals surface area (Å²) >= 11 is 6.09. The normalized spacial score (nSPS) is 16.0. The van der Waals surface area contributed by atoms with Crippen LogP contribution in [0.25, 0.3) is 11.0 Å². The molecule has 4 rings (SSSR count). The van der Waals surface area contributed by atoms with Crippen molar-refractivity contribution >= 4 is 34.0 Å². The number of para-hydroxylation sites is 1. The van der Waals surface area contributed by atoms with Crippen molar-refractivity contribution in [2.24, 2.45) is 0 Å². The van der Waals surface area contributed by atoms with Crippen molar-refractivity contribution in [2.75, 3.05) is 44.2 Å². The van der Waals surface area contributed by atoms with Gasteiger partial charge < -0.3 is 19.2 Å². The van der Waals surface area contributed by atoms with Crippen LogP contribution in [-0.4, -0.2) is 61.2 Å². The number of hydrogen-bond acceptors (Lipinski definition) is 6. The minimum atomic E-state index is -0.625. The molecule has 1 N–H and O–H groups in total. The van der Waals surface area contributed by atoms with Crippen LogP contribution in [0.3, 0.4) is 0 Å². The fourth-order valence-electron chi connectivity index (χ4n) is 3.72. The van der Waals surface area contributed by atoms with E-state index in [9.17, 15) is 9.90 Å². The van der Waals surface area contributed by atoms with E-state index in [1.807, 2.05) is 30.3 Å². The number of ketones is 1. The topological polar surface area (TPSA) is 66.2 Å². The number of fused-ring (bicyclic) bond motifs is 1. The van der Waals surface area contributed by atoms with E-state index >= 15 is 0 Å². The molecule has 6 nitrogen and oxygen atoms in total. The summed E-state index contributed by atoms with van der Waals surface area (Å²) < 4.78 is 11.4.